The van der Waals surface area contributed by atoms with Crippen molar-refractivity contribution in [3.05, 3.63) is 23.9 Å². The molecule has 0 aromatic carbocycles. The molecule has 0 unspecified atom stereocenters. The molecule has 7 heteroatoms. The molecule has 2 rings (SSSR count). The fourth-order valence-electron chi connectivity index (χ4n) is 3.06. The predicted molar refractivity (Wildman–Crippen MR) is 117 cm³/mol. The second-order valence-electron chi connectivity index (χ2n) is 7.72. The number of hydrogen-bond donors (Lipinski definition) is 2. The molecule has 1 aliphatic heterocycles. The number of anilines is 1. The summed E-state index contributed by atoms with van der Waals surface area (Å²) < 4.78 is 5.64. The van der Waals surface area contributed by atoms with Gasteiger partial charge in [0.2, 0.25) is 0 Å². The fourth-order valence-corrected chi connectivity index (χ4v) is 3.06. The molecule has 1 aliphatic rings. The molecular weight excluding hydrogens is 352 g/mol. The summed E-state index contributed by atoms with van der Waals surface area (Å²) in [5, 5.41) is 6.73. The lowest BCUT2D eigenvalue weighted by Crippen LogP contribution is -2.45. The van der Waals surface area contributed by atoms with E-state index in [1.54, 1.807) is 0 Å². The number of rotatable bonds is 10. The molecule has 0 radical (unpaired) electrons. The van der Waals surface area contributed by atoms with Crippen molar-refractivity contribution in [2.75, 3.05) is 64.4 Å². The van der Waals surface area contributed by atoms with E-state index < -0.39 is 0 Å². The number of piperazine rings is 1. The SMILES string of the molecule is CCNC(=NCc1cccnc1N1CCN(C)CC1)NCCCOCC(C)C. The summed E-state index contributed by atoms with van der Waals surface area (Å²) in [6.45, 7) is 14.5. The average molecular weight is 391 g/mol. The van der Waals surface area contributed by atoms with E-state index in [1.165, 1.54) is 5.56 Å². The monoisotopic (exact) mass is 390 g/mol. The van der Waals surface area contributed by atoms with E-state index in [1.807, 2.05) is 12.3 Å². The fraction of sp³-hybridized carbons (Fsp3) is 0.714. The van der Waals surface area contributed by atoms with Crippen LogP contribution in [0, 0.1) is 5.92 Å². The van der Waals surface area contributed by atoms with Gasteiger partial charge in [0, 0.05) is 64.2 Å². The van der Waals surface area contributed by atoms with E-state index in [2.05, 4.69) is 59.3 Å². The summed E-state index contributed by atoms with van der Waals surface area (Å²) in [5.41, 5.74) is 1.17. The van der Waals surface area contributed by atoms with Gasteiger partial charge in [-0.15, -0.1) is 0 Å². The van der Waals surface area contributed by atoms with Crippen LogP contribution in [-0.4, -0.2) is 75.4 Å². The molecule has 1 aromatic rings. The van der Waals surface area contributed by atoms with E-state index in [-0.39, 0.29) is 0 Å². The van der Waals surface area contributed by atoms with Crippen molar-refractivity contribution in [2.24, 2.45) is 10.9 Å². The van der Waals surface area contributed by atoms with E-state index >= 15 is 0 Å². The molecule has 2 heterocycles. The summed E-state index contributed by atoms with van der Waals surface area (Å²) >= 11 is 0. The number of guanidine groups is 1. The molecule has 0 spiro atoms. The zero-order chi connectivity index (χ0) is 20.2. The third-order valence-electron chi connectivity index (χ3n) is 4.63. The van der Waals surface area contributed by atoms with Crippen LogP contribution in [0.4, 0.5) is 5.82 Å². The quantitative estimate of drug-likeness (QED) is 0.362. The van der Waals surface area contributed by atoms with E-state index in [0.29, 0.717) is 12.5 Å². The van der Waals surface area contributed by atoms with Gasteiger partial charge in [-0.3, -0.25) is 0 Å². The topological polar surface area (TPSA) is 65.0 Å². The Morgan fingerprint density at radius 3 is 2.75 bits per heavy atom. The largest absolute Gasteiger partial charge is 0.381 e. The third kappa shape index (κ3) is 8.02. The van der Waals surface area contributed by atoms with Gasteiger partial charge in [0.05, 0.1) is 6.54 Å². The van der Waals surface area contributed by atoms with Crippen LogP contribution < -0.4 is 15.5 Å². The van der Waals surface area contributed by atoms with E-state index in [9.17, 15) is 0 Å². The lowest BCUT2D eigenvalue weighted by atomic mass is 10.2. The maximum absolute atomic E-state index is 5.64. The molecule has 0 amide bonds. The Kier molecular flexibility index (Phi) is 10.1. The third-order valence-corrected chi connectivity index (χ3v) is 4.63. The van der Waals surface area contributed by atoms with E-state index in [4.69, 9.17) is 9.73 Å². The molecule has 1 fully saturated rings. The van der Waals surface area contributed by atoms with Crippen molar-refractivity contribution < 1.29 is 4.74 Å². The molecule has 0 saturated carbocycles. The van der Waals surface area contributed by atoms with Crippen molar-refractivity contribution in [2.45, 2.75) is 33.7 Å². The van der Waals surface area contributed by atoms with Crippen molar-refractivity contribution in [1.29, 1.82) is 0 Å². The predicted octanol–water partition coefficient (Wildman–Crippen LogP) is 1.95. The van der Waals surface area contributed by atoms with Crippen molar-refractivity contribution in [1.82, 2.24) is 20.5 Å². The van der Waals surface area contributed by atoms with Gasteiger partial charge in [-0.2, -0.15) is 0 Å². The van der Waals surface area contributed by atoms with Gasteiger partial charge in [-0.25, -0.2) is 9.98 Å². The Labute approximate surface area is 170 Å². The number of pyridine rings is 1. The number of aliphatic imine (C=N–C) groups is 1. The minimum Gasteiger partial charge on any atom is -0.381 e. The number of nitrogens with zero attached hydrogens (tertiary/aromatic N) is 4. The summed E-state index contributed by atoms with van der Waals surface area (Å²) in [7, 11) is 2.17. The maximum atomic E-state index is 5.64. The molecule has 1 aromatic heterocycles. The highest BCUT2D eigenvalue weighted by molar-refractivity contribution is 5.79. The lowest BCUT2D eigenvalue weighted by Gasteiger charge is -2.34. The number of hydrogen-bond acceptors (Lipinski definition) is 5. The first-order valence-corrected chi connectivity index (χ1v) is 10.6. The number of likely N-dealkylation sites (N-methyl/N-ethyl adjacent to an activating group) is 1. The standard InChI is InChI=1S/C21H38N6O/c1-5-22-21(24-10-7-15-28-17-18(2)3)25-16-19-8-6-9-23-20(19)27-13-11-26(4)12-14-27/h6,8-9,18H,5,7,10-17H2,1-4H3,(H2,22,24,25). The zero-order valence-corrected chi connectivity index (χ0v) is 18.1. The number of nitrogens with one attached hydrogen (secondary N) is 2. The van der Waals surface area contributed by atoms with Crippen molar-refractivity contribution >= 4 is 11.8 Å². The Bertz CT molecular complexity index is 584. The first-order chi connectivity index (χ1) is 13.6. The Morgan fingerprint density at radius 1 is 1.25 bits per heavy atom. The van der Waals surface area contributed by atoms with Crippen LogP contribution in [0.1, 0.15) is 32.8 Å². The van der Waals surface area contributed by atoms with Gasteiger partial charge < -0.3 is 25.2 Å². The molecule has 28 heavy (non-hydrogen) atoms. The van der Waals surface area contributed by atoms with Crippen LogP contribution in [0.15, 0.2) is 23.3 Å². The van der Waals surface area contributed by atoms with Gasteiger partial charge in [-0.05, 0) is 32.4 Å². The van der Waals surface area contributed by atoms with Crippen LogP contribution in [0.5, 0.6) is 0 Å². The molecule has 0 atom stereocenters. The smallest absolute Gasteiger partial charge is 0.191 e. The highest BCUT2D eigenvalue weighted by Crippen LogP contribution is 2.19. The zero-order valence-electron chi connectivity index (χ0n) is 18.1. The van der Waals surface area contributed by atoms with Crippen LogP contribution in [0.25, 0.3) is 0 Å². The second kappa shape index (κ2) is 12.6. The van der Waals surface area contributed by atoms with Gasteiger partial charge >= 0.3 is 0 Å². The lowest BCUT2D eigenvalue weighted by molar-refractivity contribution is 0.108. The normalized spacial score (nSPS) is 15.9. The summed E-state index contributed by atoms with van der Waals surface area (Å²) in [6.07, 6.45) is 2.85. The average Bonchev–Trinajstić information content (AvgIpc) is 2.69. The minimum absolute atomic E-state index is 0.584. The summed E-state index contributed by atoms with van der Waals surface area (Å²) in [4.78, 5) is 14.1. The van der Waals surface area contributed by atoms with E-state index in [0.717, 1.165) is 70.7 Å². The minimum atomic E-state index is 0.584. The van der Waals surface area contributed by atoms with Gasteiger partial charge in [0.15, 0.2) is 5.96 Å². The van der Waals surface area contributed by atoms with Gasteiger partial charge in [-0.1, -0.05) is 19.9 Å². The van der Waals surface area contributed by atoms with Gasteiger partial charge in [0.25, 0.3) is 0 Å². The van der Waals surface area contributed by atoms with Crippen molar-refractivity contribution in [3.63, 3.8) is 0 Å². The highest BCUT2D eigenvalue weighted by Gasteiger charge is 2.17. The first-order valence-electron chi connectivity index (χ1n) is 10.6. The molecule has 1 saturated heterocycles. The van der Waals surface area contributed by atoms with Crippen LogP contribution >= 0.6 is 0 Å². The van der Waals surface area contributed by atoms with Crippen molar-refractivity contribution in [3.8, 4) is 0 Å². The Morgan fingerprint density at radius 2 is 2.04 bits per heavy atom. The van der Waals surface area contributed by atoms with Crippen LogP contribution in [0.3, 0.4) is 0 Å². The number of aromatic nitrogens is 1. The molecule has 0 bridgehead atoms. The first kappa shape index (κ1) is 22.4. The summed E-state index contributed by atoms with van der Waals surface area (Å²) in [6, 6.07) is 4.13. The van der Waals surface area contributed by atoms with Gasteiger partial charge in [0.1, 0.15) is 5.82 Å². The Balaban J connectivity index is 1.88. The molecule has 2 N–H and O–H groups in total. The highest BCUT2D eigenvalue weighted by atomic mass is 16.5. The molecule has 0 aliphatic carbocycles. The number of ether oxygens (including phenoxy) is 1. The van der Waals surface area contributed by atoms with Crippen LogP contribution in [-0.2, 0) is 11.3 Å². The molecular formula is C21H38N6O. The van der Waals surface area contributed by atoms with Crippen LogP contribution in [0.2, 0.25) is 0 Å². The summed E-state index contributed by atoms with van der Waals surface area (Å²) in [5.74, 6) is 2.50. The maximum Gasteiger partial charge on any atom is 0.191 e. The Hall–Kier alpha value is -1.86. The molecule has 7 nitrogen and oxygen atoms in total. The second-order valence-corrected chi connectivity index (χ2v) is 7.72. The molecule has 158 valence electrons.